The molecule has 1 aromatic carbocycles. The molecule has 8 heteroatoms. The van der Waals surface area contributed by atoms with Crippen molar-refractivity contribution in [2.45, 2.75) is 38.5 Å². The van der Waals surface area contributed by atoms with Crippen molar-refractivity contribution in [3.63, 3.8) is 0 Å². The van der Waals surface area contributed by atoms with Crippen molar-refractivity contribution < 1.29 is 17.6 Å². The van der Waals surface area contributed by atoms with Crippen molar-refractivity contribution in [3.05, 3.63) is 46.5 Å². The predicted octanol–water partition coefficient (Wildman–Crippen LogP) is 3.13. The molecule has 146 valence electrons. The van der Waals surface area contributed by atoms with Gasteiger partial charge in [-0.15, -0.1) is 0 Å². The van der Waals surface area contributed by atoms with Crippen LogP contribution in [0.5, 0.6) is 0 Å². The van der Waals surface area contributed by atoms with Gasteiger partial charge in [0.25, 0.3) is 15.9 Å². The SMILES string of the molecule is Cc1ccc(NS(=O)(=O)c2c(C(=O)N3CCCC3)c(C)n(C)c2C)cc1F. The van der Waals surface area contributed by atoms with E-state index >= 15 is 0 Å². The summed E-state index contributed by atoms with van der Waals surface area (Å²) in [5.74, 6) is -0.770. The highest BCUT2D eigenvalue weighted by Crippen LogP contribution is 2.30. The number of carbonyl (C=O) groups is 1. The molecule has 2 aromatic rings. The van der Waals surface area contributed by atoms with Crippen molar-refractivity contribution in [1.29, 1.82) is 0 Å². The molecule has 1 saturated heterocycles. The number of nitrogens with zero attached hydrogens (tertiary/aromatic N) is 2. The van der Waals surface area contributed by atoms with Crippen LogP contribution in [0.2, 0.25) is 0 Å². The number of benzene rings is 1. The first-order chi connectivity index (χ1) is 12.6. The Kier molecular flexibility index (Phi) is 5.03. The van der Waals surface area contributed by atoms with Crippen LogP contribution in [0, 0.1) is 26.6 Å². The monoisotopic (exact) mass is 393 g/mol. The Balaban J connectivity index is 2.07. The van der Waals surface area contributed by atoms with E-state index in [-0.39, 0.29) is 22.1 Å². The first kappa shape index (κ1) is 19.4. The lowest BCUT2D eigenvalue weighted by molar-refractivity contribution is 0.0788. The van der Waals surface area contributed by atoms with Crippen molar-refractivity contribution in [3.8, 4) is 0 Å². The summed E-state index contributed by atoms with van der Waals surface area (Å²) in [6.45, 7) is 6.26. The molecule has 1 fully saturated rings. The topological polar surface area (TPSA) is 71.4 Å². The molecule has 27 heavy (non-hydrogen) atoms. The molecule has 0 saturated carbocycles. The van der Waals surface area contributed by atoms with E-state index in [0.717, 1.165) is 18.9 Å². The average Bonchev–Trinajstić information content (AvgIpc) is 3.21. The molecule has 1 aliphatic heterocycles. The number of rotatable bonds is 4. The fourth-order valence-corrected chi connectivity index (χ4v) is 5.01. The zero-order valence-electron chi connectivity index (χ0n) is 16.0. The molecule has 2 heterocycles. The highest BCUT2D eigenvalue weighted by Gasteiger charge is 2.33. The molecule has 1 amide bonds. The highest BCUT2D eigenvalue weighted by molar-refractivity contribution is 7.92. The standard InChI is InChI=1S/C19H24FN3O3S/c1-12-7-8-15(11-16(12)20)21-27(25,26)18-14(3)22(4)13(2)17(18)19(24)23-9-5-6-10-23/h7-8,11,21H,5-6,9-10H2,1-4H3. The van der Waals surface area contributed by atoms with Crippen LogP contribution in [0.1, 0.15) is 40.2 Å². The maximum Gasteiger partial charge on any atom is 0.264 e. The van der Waals surface area contributed by atoms with E-state index in [1.807, 2.05) is 0 Å². The summed E-state index contributed by atoms with van der Waals surface area (Å²) in [5.41, 5.74) is 1.81. The number of amides is 1. The quantitative estimate of drug-likeness (QED) is 0.868. The van der Waals surface area contributed by atoms with Gasteiger partial charge in [0.1, 0.15) is 10.7 Å². The Labute approximate surface area is 159 Å². The molecule has 3 rings (SSSR count). The van der Waals surface area contributed by atoms with Crippen molar-refractivity contribution in [2.24, 2.45) is 7.05 Å². The minimum atomic E-state index is -4.07. The predicted molar refractivity (Wildman–Crippen MR) is 102 cm³/mol. The summed E-state index contributed by atoms with van der Waals surface area (Å²) < 4.78 is 44.1. The lowest BCUT2D eigenvalue weighted by atomic mass is 10.2. The maximum absolute atomic E-state index is 13.8. The number of halogens is 1. The van der Waals surface area contributed by atoms with Gasteiger partial charge >= 0.3 is 0 Å². The minimum absolute atomic E-state index is 0.0413. The smallest absolute Gasteiger partial charge is 0.264 e. The number of hydrogen-bond acceptors (Lipinski definition) is 3. The minimum Gasteiger partial charge on any atom is -0.350 e. The largest absolute Gasteiger partial charge is 0.350 e. The van der Waals surface area contributed by atoms with Crippen molar-refractivity contribution in [1.82, 2.24) is 9.47 Å². The van der Waals surface area contributed by atoms with E-state index in [1.165, 1.54) is 12.1 Å². The number of sulfonamides is 1. The van der Waals surface area contributed by atoms with E-state index in [4.69, 9.17) is 0 Å². The molecule has 1 N–H and O–H groups in total. The van der Waals surface area contributed by atoms with E-state index in [1.54, 1.807) is 37.3 Å². The highest BCUT2D eigenvalue weighted by atomic mass is 32.2. The number of aryl methyl sites for hydroxylation is 1. The summed E-state index contributed by atoms with van der Waals surface area (Å²) >= 11 is 0. The lowest BCUT2D eigenvalue weighted by Crippen LogP contribution is -2.30. The van der Waals surface area contributed by atoms with Crippen molar-refractivity contribution in [2.75, 3.05) is 17.8 Å². The second-order valence-electron chi connectivity index (χ2n) is 7.00. The Hall–Kier alpha value is -2.35. The average molecular weight is 393 g/mol. The molecule has 0 aliphatic carbocycles. The van der Waals surface area contributed by atoms with Crippen LogP contribution in [-0.4, -0.2) is 36.9 Å². The van der Waals surface area contributed by atoms with Gasteiger partial charge in [0.05, 0.1) is 11.3 Å². The van der Waals surface area contributed by atoms with E-state index in [2.05, 4.69) is 4.72 Å². The Bertz CT molecular complexity index is 1010. The summed E-state index contributed by atoms with van der Waals surface area (Å²) in [6.07, 6.45) is 1.83. The van der Waals surface area contributed by atoms with Gasteiger partial charge in [-0.25, -0.2) is 12.8 Å². The zero-order valence-corrected chi connectivity index (χ0v) is 16.8. The molecule has 1 aromatic heterocycles. The third kappa shape index (κ3) is 3.45. The van der Waals surface area contributed by atoms with Gasteiger partial charge in [0.2, 0.25) is 0 Å². The van der Waals surface area contributed by atoms with Crippen LogP contribution in [-0.2, 0) is 17.1 Å². The van der Waals surface area contributed by atoms with Gasteiger partial charge in [-0.3, -0.25) is 9.52 Å². The van der Waals surface area contributed by atoms with E-state index < -0.39 is 15.8 Å². The van der Waals surface area contributed by atoms with Crippen molar-refractivity contribution >= 4 is 21.6 Å². The number of hydrogen-bond donors (Lipinski definition) is 1. The molecule has 0 atom stereocenters. The van der Waals surface area contributed by atoms with Gasteiger partial charge in [-0.2, -0.15) is 0 Å². The third-order valence-corrected chi connectivity index (χ3v) is 6.77. The number of nitrogens with one attached hydrogen (secondary N) is 1. The lowest BCUT2D eigenvalue weighted by Gasteiger charge is -2.17. The Morgan fingerprint density at radius 3 is 2.33 bits per heavy atom. The zero-order chi connectivity index (χ0) is 19.9. The number of aromatic nitrogens is 1. The van der Waals surface area contributed by atoms with Crippen LogP contribution in [0.25, 0.3) is 0 Å². The third-order valence-electron chi connectivity index (χ3n) is 5.22. The molecule has 1 aliphatic rings. The summed E-state index contributed by atoms with van der Waals surface area (Å²) in [4.78, 5) is 14.7. The second-order valence-corrected chi connectivity index (χ2v) is 8.62. The number of anilines is 1. The first-order valence-electron chi connectivity index (χ1n) is 8.87. The molecule has 6 nitrogen and oxygen atoms in total. The molecule has 0 unspecified atom stereocenters. The van der Waals surface area contributed by atoms with E-state index in [0.29, 0.717) is 30.0 Å². The summed E-state index contributed by atoms with van der Waals surface area (Å²) in [7, 11) is -2.33. The molecule has 0 bridgehead atoms. The first-order valence-corrected chi connectivity index (χ1v) is 10.4. The van der Waals surface area contributed by atoms with Crippen LogP contribution >= 0.6 is 0 Å². The molecule has 0 spiro atoms. The van der Waals surface area contributed by atoms with Crippen LogP contribution in [0.3, 0.4) is 0 Å². The fourth-order valence-electron chi connectivity index (χ4n) is 3.44. The van der Waals surface area contributed by atoms with Crippen LogP contribution in [0.15, 0.2) is 23.1 Å². The molecule has 0 radical (unpaired) electrons. The van der Waals surface area contributed by atoms with E-state index in [9.17, 15) is 17.6 Å². The fraction of sp³-hybridized carbons (Fsp3) is 0.421. The maximum atomic E-state index is 13.8. The van der Waals surface area contributed by atoms with Gasteiger partial charge in [-0.1, -0.05) is 6.07 Å². The van der Waals surface area contributed by atoms with Gasteiger partial charge in [0.15, 0.2) is 0 Å². The summed E-state index contributed by atoms with van der Waals surface area (Å²) in [6, 6.07) is 4.15. The Morgan fingerprint density at radius 2 is 1.74 bits per heavy atom. The van der Waals surface area contributed by atoms with Crippen LogP contribution < -0.4 is 4.72 Å². The summed E-state index contributed by atoms with van der Waals surface area (Å²) in [5, 5.41) is 0. The second kappa shape index (κ2) is 6.99. The number of carbonyl (C=O) groups excluding carboxylic acids is 1. The normalized spacial score (nSPS) is 14.6. The van der Waals surface area contributed by atoms with Gasteiger partial charge < -0.3 is 9.47 Å². The van der Waals surface area contributed by atoms with Gasteiger partial charge in [0, 0.05) is 31.5 Å². The number of likely N-dealkylation sites (tertiary alicyclic amines) is 1. The van der Waals surface area contributed by atoms with Gasteiger partial charge in [-0.05, 0) is 51.3 Å². The molecular formula is C19H24FN3O3S. The van der Waals surface area contributed by atoms with Crippen LogP contribution in [0.4, 0.5) is 10.1 Å². The Morgan fingerprint density at radius 1 is 1.11 bits per heavy atom. The molecular weight excluding hydrogens is 369 g/mol.